The van der Waals surface area contributed by atoms with Crippen LogP contribution < -0.4 is 10.0 Å². The maximum Gasteiger partial charge on any atom is 0.416 e. The topological polar surface area (TPSA) is 81.8 Å². The minimum atomic E-state index is -4.52. The molecule has 142 valence electrons. The fourth-order valence-electron chi connectivity index (χ4n) is 2.96. The number of alkyl halides is 3. The molecule has 3 rings (SSSR count). The van der Waals surface area contributed by atoms with E-state index in [2.05, 4.69) is 4.99 Å². The summed E-state index contributed by atoms with van der Waals surface area (Å²) < 4.78 is 39.2. The van der Waals surface area contributed by atoms with Crippen molar-refractivity contribution in [2.24, 2.45) is 4.99 Å². The van der Waals surface area contributed by atoms with Gasteiger partial charge in [-0.2, -0.15) is 13.2 Å². The molecule has 6 nitrogen and oxygen atoms in total. The highest BCUT2D eigenvalue weighted by atomic mass is 19.4. The molecular weight excluding hydrogens is 363 g/mol. The number of para-hydroxylation sites is 1. The van der Waals surface area contributed by atoms with Crippen LogP contribution in [0, 0.1) is 10.1 Å². The third kappa shape index (κ3) is 4.02. The predicted octanol–water partition coefficient (Wildman–Crippen LogP) is 4.04. The number of hydrogen-bond acceptors (Lipinski definition) is 5. The van der Waals surface area contributed by atoms with Crippen LogP contribution in [0.2, 0.25) is 0 Å². The molecule has 0 aromatic heterocycles. The van der Waals surface area contributed by atoms with Crippen LogP contribution in [0.15, 0.2) is 41.4 Å². The Labute approximate surface area is 152 Å². The predicted molar refractivity (Wildman–Crippen MR) is 92.7 cm³/mol. The van der Waals surface area contributed by atoms with E-state index in [0.29, 0.717) is 18.8 Å². The number of nitrogens with zero attached hydrogens (tertiary/aromatic N) is 3. The molecule has 1 heterocycles. The first kappa shape index (κ1) is 18.7. The normalized spacial score (nSPS) is 14.9. The molecule has 0 aliphatic carbocycles. The Morgan fingerprint density at radius 2 is 1.85 bits per heavy atom. The third-order valence-electron chi connectivity index (χ3n) is 4.31. The average molecular weight is 378 g/mol. The van der Waals surface area contributed by atoms with E-state index < -0.39 is 28.1 Å². The van der Waals surface area contributed by atoms with E-state index in [0.717, 1.165) is 37.3 Å². The number of hydrogen-bond donors (Lipinski definition) is 0. The van der Waals surface area contributed by atoms with Crippen LogP contribution >= 0.6 is 0 Å². The highest BCUT2D eigenvalue weighted by molar-refractivity contribution is 5.88. The van der Waals surface area contributed by atoms with Gasteiger partial charge in [-0.1, -0.05) is 12.1 Å². The number of rotatable bonds is 4. The average Bonchev–Trinajstić information content (AvgIpc) is 3.14. The third-order valence-corrected chi connectivity index (χ3v) is 4.31. The van der Waals surface area contributed by atoms with Crippen LogP contribution in [0.5, 0.6) is 5.75 Å². The lowest BCUT2D eigenvalue weighted by Crippen LogP contribution is -2.18. The highest BCUT2D eigenvalue weighted by Gasteiger charge is 2.31. The number of nitro benzene ring substituents is 1. The summed E-state index contributed by atoms with van der Waals surface area (Å²) >= 11 is 0. The first-order valence-corrected chi connectivity index (χ1v) is 8.22. The van der Waals surface area contributed by atoms with Crippen LogP contribution in [0.25, 0.3) is 0 Å². The van der Waals surface area contributed by atoms with Gasteiger partial charge in [0.2, 0.25) is 0 Å². The first-order valence-electron chi connectivity index (χ1n) is 8.22. The molecule has 9 heteroatoms. The van der Waals surface area contributed by atoms with E-state index in [9.17, 15) is 28.4 Å². The van der Waals surface area contributed by atoms with Gasteiger partial charge in [-0.05, 0) is 42.4 Å². The molecule has 0 saturated carbocycles. The molecule has 0 amide bonds. The summed E-state index contributed by atoms with van der Waals surface area (Å²) in [5, 5.41) is 22.9. The minimum absolute atomic E-state index is 0.0611. The number of nitro groups is 1. The summed E-state index contributed by atoms with van der Waals surface area (Å²) in [5.41, 5.74) is -0.914. The van der Waals surface area contributed by atoms with Gasteiger partial charge >= 0.3 is 6.18 Å². The van der Waals surface area contributed by atoms with E-state index in [1.54, 1.807) is 0 Å². The summed E-state index contributed by atoms with van der Waals surface area (Å²) in [7, 11) is 0. The molecule has 1 fully saturated rings. The van der Waals surface area contributed by atoms with Crippen molar-refractivity contribution >= 4 is 23.3 Å². The fourth-order valence-corrected chi connectivity index (χ4v) is 2.96. The van der Waals surface area contributed by atoms with Crippen molar-refractivity contribution in [3.8, 4) is 5.75 Å². The Balaban J connectivity index is 2.03. The molecule has 1 aliphatic rings. The van der Waals surface area contributed by atoms with Crippen molar-refractivity contribution in [3.05, 3.63) is 57.6 Å². The van der Waals surface area contributed by atoms with Crippen LogP contribution in [0.1, 0.15) is 24.0 Å². The fraction of sp³-hybridized carbons (Fsp3) is 0.278. The largest absolute Gasteiger partial charge is 0.867 e. The number of benzene rings is 2. The monoisotopic (exact) mass is 378 g/mol. The second-order valence-corrected chi connectivity index (χ2v) is 6.11. The molecule has 0 atom stereocenters. The highest BCUT2D eigenvalue weighted by Crippen LogP contribution is 2.38. The molecule has 0 unspecified atom stereocenters. The van der Waals surface area contributed by atoms with Crippen LogP contribution in [0.4, 0.5) is 30.2 Å². The van der Waals surface area contributed by atoms with Gasteiger partial charge in [0, 0.05) is 25.4 Å². The van der Waals surface area contributed by atoms with Gasteiger partial charge in [0.15, 0.2) is 0 Å². The van der Waals surface area contributed by atoms with Crippen molar-refractivity contribution in [1.29, 1.82) is 0 Å². The zero-order valence-electron chi connectivity index (χ0n) is 14.1. The van der Waals surface area contributed by atoms with Gasteiger partial charge in [-0.3, -0.25) is 15.1 Å². The van der Waals surface area contributed by atoms with E-state index in [1.165, 1.54) is 18.2 Å². The van der Waals surface area contributed by atoms with Crippen molar-refractivity contribution < 1.29 is 23.2 Å². The first-order chi connectivity index (χ1) is 12.8. The summed E-state index contributed by atoms with van der Waals surface area (Å²) in [5.74, 6) is -0.832. The minimum Gasteiger partial charge on any atom is -0.867 e. The zero-order valence-corrected chi connectivity index (χ0v) is 14.1. The summed E-state index contributed by atoms with van der Waals surface area (Å²) in [4.78, 5) is 16.1. The van der Waals surface area contributed by atoms with Gasteiger partial charge in [0.1, 0.15) is 0 Å². The number of aliphatic imine (C=N–C) groups is 1. The lowest BCUT2D eigenvalue weighted by Gasteiger charge is -2.21. The van der Waals surface area contributed by atoms with Gasteiger partial charge in [0.25, 0.3) is 5.69 Å². The summed E-state index contributed by atoms with van der Waals surface area (Å²) in [6.45, 7) is 1.41. The van der Waals surface area contributed by atoms with Gasteiger partial charge in [0.05, 0.1) is 21.9 Å². The van der Waals surface area contributed by atoms with E-state index >= 15 is 0 Å². The maximum absolute atomic E-state index is 13.1. The Morgan fingerprint density at radius 3 is 2.48 bits per heavy atom. The molecule has 0 bridgehead atoms. The van der Waals surface area contributed by atoms with Gasteiger partial charge < -0.3 is 10.0 Å². The van der Waals surface area contributed by atoms with Crippen LogP contribution in [-0.2, 0) is 6.18 Å². The quantitative estimate of drug-likeness (QED) is 0.457. The molecular formula is C18H15F3N3O3-. The van der Waals surface area contributed by atoms with E-state index in [4.69, 9.17) is 0 Å². The van der Waals surface area contributed by atoms with Crippen molar-refractivity contribution in [3.63, 3.8) is 0 Å². The molecule has 2 aromatic carbocycles. The SMILES string of the molecule is O=[N+]([O-])c1cccc(C=Nc2cc(C(F)(F)F)ccc2N2CCCC2)c1[O-]. The lowest BCUT2D eigenvalue weighted by molar-refractivity contribution is -0.398. The number of halogens is 3. The number of anilines is 1. The second kappa shape index (κ2) is 7.26. The van der Waals surface area contributed by atoms with Gasteiger partial charge in [-0.25, -0.2) is 0 Å². The molecule has 27 heavy (non-hydrogen) atoms. The summed E-state index contributed by atoms with van der Waals surface area (Å²) in [6, 6.07) is 7.02. The summed E-state index contributed by atoms with van der Waals surface area (Å²) in [6.07, 6.45) is -1.59. The van der Waals surface area contributed by atoms with Crippen molar-refractivity contribution in [2.45, 2.75) is 19.0 Å². The lowest BCUT2D eigenvalue weighted by atomic mass is 10.1. The smallest absolute Gasteiger partial charge is 0.416 e. The molecule has 2 aromatic rings. The second-order valence-electron chi connectivity index (χ2n) is 6.11. The van der Waals surface area contributed by atoms with Gasteiger partial charge in [-0.15, -0.1) is 0 Å². The Kier molecular flexibility index (Phi) is 5.02. The standard InChI is InChI=1S/C18H16F3N3O3/c19-18(20,21)13-6-7-15(23-8-1-2-9-23)14(10-13)22-11-12-4-3-5-16(17(12)25)24(26)27/h3-7,10-11,25H,1-2,8-9H2/p-1. The van der Waals surface area contributed by atoms with E-state index in [1.807, 2.05) is 4.90 Å². The maximum atomic E-state index is 13.1. The van der Waals surface area contributed by atoms with Crippen LogP contribution in [0.3, 0.4) is 0 Å². The Morgan fingerprint density at radius 1 is 1.15 bits per heavy atom. The van der Waals surface area contributed by atoms with Crippen molar-refractivity contribution in [1.82, 2.24) is 0 Å². The Bertz CT molecular complexity index is 891. The molecule has 0 radical (unpaired) electrons. The Hall–Kier alpha value is -3.10. The molecule has 0 spiro atoms. The van der Waals surface area contributed by atoms with Crippen molar-refractivity contribution in [2.75, 3.05) is 18.0 Å². The molecule has 0 N–H and O–H groups in total. The van der Waals surface area contributed by atoms with E-state index in [-0.39, 0.29) is 11.3 Å². The molecule has 1 aliphatic heterocycles. The molecule has 1 saturated heterocycles. The zero-order chi connectivity index (χ0) is 19.6. The van der Waals surface area contributed by atoms with Crippen LogP contribution in [-0.4, -0.2) is 24.2 Å².